The lowest BCUT2D eigenvalue weighted by Gasteiger charge is -2.07. The van der Waals surface area contributed by atoms with Crippen LogP contribution in [0.1, 0.15) is 24.7 Å². The Hall–Kier alpha value is -1.55. The number of halogens is 1. The minimum absolute atomic E-state index is 0.431. The summed E-state index contributed by atoms with van der Waals surface area (Å²) < 4.78 is 7.54. The molecule has 0 bridgehead atoms. The zero-order valence-corrected chi connectivity index (χ0v) is 11.1. The molecule has 0 aliphatic carbocycles. The predicted octanol–water partition coefficient (Wildman–Crippen LogP) is 3.01. The third kappa shape index (κ3) is 3.23. The van der Waals surface area contributed by atoms with Crippen molar-refractivity contribution in [2.75, 3.05) is 0 Å². The SMILES string of the molecule is CCCn1ncnc1COc1ccc(CCl)cc1. The average Bonchev–Trinajstić information content (AvgIpc) is 2.85. The van der Waals surface area contributed by atoms with Crippen LogP contribution in [-0.2, 0) is 19.0 Å². The molecule has 96 valence electrons. The van der Waals surface area contributed by atoms with E-state index in [1.807, 2.05) is 28.9 Å². The summed E-state index contributed by atoms with van der Waals surface area (Å²) in [6.07, 6.45) is 2.59. The second kappa shape index (κ2) is 6.40. The van der Waals surface area contributed by atoms with E-state index in [2.05, 4.69) is 17.0 Å². The largest absolute Gasteiger partial charge is 0.486 e. The fourth-order valence-electron chi connectivity index (χ4n) is 1.62. The molecule has 0 amide bonds. The number of alkyl halides is 1. The molecule has 2 aromatic rings. The van der Waals surface area contributed by atoms with Crippen molar-refractivity contribution >= 4 is 11.6 Å². The highest BCUT2D eigenvalue weighted by molar-refractivity contribution is 6.17. The Morgan fingerprint density at radius 1 is 1.28 bits per heavy atom. The van der Waals surface area contributed by atoms with Crippen LogP contribution in [0, 0.1) is 0 Å². The van der Waals surface area contributed by atoms with Gasteiger partial charge in [-0.15, -0.1) is 11.6 Å². The van der Waals surface area contributed by atoms with E-state index in [4.69, 9.17) is 16.3 Å². The standard InChI is InChI=1S/C13H16ClN3O/c1-2-7-17-13(15-10-16-17)9-18-12-5-3-11(8-14)4-6-12/h3-6,10H,2,7-9H2,1H3. The van der Waals surface area contributed by atoms with Crippen molar-refractivity contribution in [3.63, 3.8) is 0 Å². The van der Waals surface area contributed by atoms with Crippen LogP contribution in [0.5, 0.6) is 5.75 Å². The van der Waals surface area contributed by atoms with E-state index in [9.17, 15) is 0 Å². The fraction of sp³-hybridized carbons (Fsp3) is 0.385. The third-order valence-corrected chi connectivity index (χ3v) is 2.89. The Labute approximate surface area is 112 Å². The lowest BCUT2D eigenvalue weighted by molar-refractivity contribution is 0.286. The minimum atomic E-state index is 0.431. The first-order chi connectivity index (χ1) is 8.83. The van der Waals surface area contributed by atoms with Gasteiger partial charge >= 0.3 is 0 Å². The van der Waals surface area contributed by atoms with Crippen molar-refractivity contribution in [3.05, 3.63) is 42.0 Å². The van der Waals surface area contributed by atoms with Crippen LogP contribution in [0.3, 0.4) is 0 Å². The van der Waals surface area contributed by atoms with Crippen LogP contribution in [0.15, 0.2) is 30.6 Å². The molecular weight excluding hydrogens is 250 g/mol. The molecule has 0 unspecified atom stereocenters. The molecule has 0 aliphatic rings. The first kappa shape index (κ1) is 12.9. The van der Waals surface area contributed by atoms with Gasteiger partial charge in [-0.1, -0.05) is 19.1 Å². The van der Waals surface area contributed by atoms with Gasteiger partial charge in [0.15, 0.2) is 5.82 Å². The smallest absolute Gasteiger partial charge is 0.164 e. The van der Waals surface area contributed by atoms with Gasteiger partial charge in [-0.05, 0) is 24.1 Å². The Kier molecular flexibility index (Phi) is 4.59. The lowest BCUT2D eigenvalue weighted by Crippen LogP contribution is -2.08. The molecule has 0 fully saturated rings. The quantitative estimate of drug-likeness (QED) is 0.754. The van der Waals surface area contributed by atoms with E-state index in [-0.39, 0.29) is 0 Å². The second-order valence-corrected chi connectivity index (χ2v) is 4.23. The van der Waals surface area contributed by atoms with Crippen LogP contribution in [0.2, 0.25) is 0 Å². The molecule has 0 aliphatic heterocycles. The lowest BCUT2D eigenvalue weighted by atomic mass is 10.2. The average molecular weight is 266 g/mol. The second-order valence-electron chi connectivity index (χ2n) is 3.97. The summed E-state index contributed by atoms with van der Waals surface area (Å²) >= 11 is 5.73. The van der Waals surface area contributed by atoms with Crippen molar-refractivity contribution in [1.82, 2.24) is 14.8 Å². The summed E-state index contributed by atoms with van der Waals surface area (Å²) in [4.78, 5) is 4.19. The van der Waals surface area contributed by atoms with Crippen LogP contribution < -0.4 is 4.74 Å². The van der Waals surface area contributed by atoms with Crippen molar-refractivity contribution in [2.24, 2.45) is 0 Å². The number of aromatic nitrogens is 3. The van der Waals surface area contributed by atoms with Crippen molar-refractivity contribution in [2.45, 2.75) is 32.4 Å². The number of benzene rings is 1. The Morgan fingerprint density at radius 2 is 2.06 bits per heavy atom. The molecule has 2 rings (SSSR count). The van der Waals surface area contributed by atoms with E-state index in [0.29, 0.717) is 12.5 Å². The number of ether oxygens (including phenoxy) is 1. The number of nitrogens with zero attached hydrogens (tertiary/aromatic N) is 3. The maximum Gasteiger partial charge on any atom is 0.164 e. The van der Waals surface area contributed by atoms with Crippen molar-refractivity contribution in [3.8, 4) is 5.75 Å². The topological polar surface area (TPSA) is 39.9 Å². The fourth-order valence-corrected chi connectivity index (χ4v) is 1.80. The summed E-state index contributed by atoms with van der Waals surface area (Å²) in [5, 5.41) is 4.15. The van der Waals surface area contributed by atoms with Crippen LogP contribution in [0.25, 0.3) is 0 Å². The van der Waals surface area contributed by atoms with Crippen LogP contribution in [-0.4, -0.2) is 14.8 Å². The van der Waals surface area contributed by atoms with Crippen LogP contribution in [0.4, 0.5) is 0 Å². The van der Waals surface area contributed by atoms with Crippen molar-refractivity contribution in [1.29, 1.82) is 0 Å². The van der Waals surface area contributed by atoms with Gasteiger partial charge in [0.2, 0.25) is 0 Å². The summed E-state index contributed by atoms with van der Waals surface area (Å²) in [6.45, 7) is 3.40. The molecular formula is C13H16ClN3O. The first-order valence-corrected chi connectivity index (χ1v) is 6.51. The molecule has 0 atom stereocenters. The molecule has 18 heavy (non-hydrogen) atoms. The normalized spacial score (nSPS) is 10.6. The van der Waals surface area contributed by atoms with E-state index in [1.54, 1.807) is 6.33 Å². The highest BCUT2D eigenvalue weighted by Crippen LogP contribution is 2.14. The van der Waals surface area contributed by atoms with E-state index in [1.165, 1.54) is 0 Å². The predicted molar refractivity (Wildman–Crippen MR) is 70.6 cm³/mol. The van der Waals surface area contributed by atoms with Gasteiger partial charge in [0.25, 0.3) is 0 Å². The Morgan fingerprint density at radius 3 is 2.72 bits per heavy atom. The zero-order valence-electron chi connectivity index (χ0n) is 10.3. The molecule has 0 radical (unpaired) electrons. The molecule has 0 saturated carbocycles. The summed E-state index contributed by atoms with van der Waals surface area (Å²) in [5.74, 6) is 2.18. The van der Waals surface area contributed by atoms with Crippen molar-refractivity contribution < 1.29 is 4.74 Å². The maximum atomic E-state index is 5.73. The summed E-state index contributed by atoms with van der Waals surface area (Å²) in [5.41, 5.74) is 1.08. The zero-order chi connectivity index (χ0) is 12.8. The molecule has 0 N–H and O–H groups in total. The molecule has 0 saturated heterocycles. The van der Waals surface area contributed by atoms with E-state index in [0.717, 1.165) is 30.1 Å². The van der Waals surface area contributed by atoms with Gasteiger partial charge in [0.1, 0.15) is 18.7 Å². The minimum Gasteiger partial charge on any atom is -0.486 e. The third-order valence-electron chi connectivity index (χ3n) is 2.58. The number of hydrogen-bond donors (Lipinski definition) is 0. The molecule has 1 heterocycles. The van der Waals surface area contributed by atoms with Gasteiger partial charge in [-0.25, -0.2) is 9.67 Å². The maximum absolute atomic E-state index is 5.73. The van der Waals surface area contributed by atoms with E-state index >= 15 is 0 Å². The number of hydrogen-bond acceptors (Lipinski definition) is 3. The van der Waals surface area contributed by atoms with Crippen LogP contribution >= 0.6 is 11.6 Å². The van der Waals surface area contributed by atoms with Gasteiger partial charge in [-0.2, -0.15) is 5.10 Å². The summed E-state index contributed by atoms with van der Waals surface area (Å²) in [7, 11) is 0. The highest BCUT2D eigenvalue weighted by Gasteiger charge is 2.04. The van der Waals surface area contributed by atoms with Gasteiger partial charge in [0.05, 0.1) is 0 Å². The Bertz CT molecular complexity index is 481. The van der Waals surface area contributed by atoms with Gasteiger partial charge < -0.3 is 4.74 Å². The first-order valence-electron chi connectivity index (χ1n) is 5.98. The number of rotatable bonds is 6. The monoisotopic (exact) mass is 265 g/mol. The number of aryl methyl sites for hydroxylation is 1. The molecule has 1 aromatic carbocycles. The summed E-state index contributed by atoms with van der Waals surface area (Å²) in [6, 6.07) is 7.74. The molecule has 4 nitrogen and oxygen atoms in total. The molecule has 0 spiro atoms. The highest BCUT2D eigenvalue weighted by atomic mass is 35.5. The Balaban J connectivity index is 1.95. The van der Waals surface area contributed by atoms with E-state index < -0.39 is 0 Å². The molecule has 1 aromatic heterocycles. The molecule has 5 heteroatoms. The van der Waals surface area contributed by atoms with Gasteiger partial charge in [-0.3, -0.25) is 0 Å². The van der Waals surface area contributed by atoms with Gasteiger partial charge in [0, 0.05) is 12.4 Å².